The van der Waals surface area contributed by atoms with Crippen LogP contribution in [0.2, 0.25) is 0 Å². The first-order valence-corrected chi connectivity index (χ1v) is 6.72. The third-order valence-electron chi connectivity index (χ3n) is 3.02. The van der Waals surface area contributed by atoms with E-state index in [2.05, 4.69) is 10.6 Å². The van der Waals surface area contributed by atoms with Crippen molar-refractivity contribution in [2.45, 2.75) is 31.5 Å². The minimum Gasteiger partial charge on any atom is -0.368 e. The molecule has 1 aliphatic rings. The van der Waals surface area contributed by atoms with E-state index in [0.717, 1.165) is 6.42 Å². The number of alkyl halides is 3. The summed E-state index contributed by atoms with van der Waals surface area (Å²) in [7, 11) is 0. The zero-order valence-electron chi connectivity index (χ0n) is 11.6. The minimum atomic E-state index is -4.54. The first kappa shape index (κ1) is 16.3. The van der Waals surface area contributed by atoms with Crippen molar-refractivity contribution in [2.24, 2.45) is 0 Å². The first-order valence-electron chi connectivity index (χ1n) is 6.72. The van der Waals surface area contributed by atoms with E-state index in [9.17, 15) is 22.8 Å². The van der Waals surface area contributed by atoms with Gasteiger partial charge in [0, 0.05) is 18.0 Å². The quantitative estimate of drug-likeness (QED) is 0.897. The van der Waals surface area contributed by atoms with Crippen molar-refractivity contribution in [3.8, 4) is 0 Å². The highest BCUT2D eigenvalue weighted by atomic mass is 19.4. The Kier molecular flexibility index (Phi) is 5.02. The molecule has 1 heterocycles. The maximum absolute atomic E-state index is 12.0. The SMILES string of the molecule is O=C(CC(F)(F)F)Nc1ccc(NC(=O)[C@@H]2CCCO2)cc1. The van der Waals surface area contributed by atoms with Gasteiger partial charge in [0.1, 0.15) is 12.5 Å². The van der Waals surface area contributed by atoms with Crippen molar-refractivity contribution < 1.29 is 27.5 Å². The van der Waals surface area contributed by atoms with Crippen molar-refractivity contribution in [1.29, 1.82) is 0 Å². The Labute approximate surface area is 124 Å². The highest BCUT2D eigenvalue weighted by Crippen LogP contribution is 2.21. The van der Waals surface area contributed by atoms with Crippen LogP contribution < -0.4 is 10.6 Å². The Hall–Kier alpha value is -2.09. The summed E-state index contributed by atoms with van der Waals surface area (Å²) in [5.41, 5.74) is 0.707. The molecule has 1 aromatic carbocycles. The van der Waals surface area contributed by atoms with Crippen LogP contribution in [-0.2, 0) is 14.3 Å². The Morgan fingerprint density at radius 3 is 2.23 bits per heavy atom. The number of rotatable bonds is 4. The van der Waals surface area contributed by atoms with E-state index < -0.39 is 24.6 Å². The van der Waals surface area contributed by atoms with Crippen molar-refractivity contribution in [3.05, 3.63) is 24.3 Å². The largest absolute Gasteiger partial charge is 0.397 e. The van der Waals surface area contributed by atoms with Gasteiger partial charge in [0.25, 0.3) is 5.91 Å². The summed E-state index contributed by atoms with van der Waals surface area (Å²) in [6.45, 7) is 0.558. The van der Waals surface area contributed by atoms with Gasteiger partial charge < -0.3 is 15.4 Å². The Morgan fingerprint density at radius 1 is 1.14 bits per heavy atom. The van der Waals surface area contributed by atoms with Crippen LogP contribution in [0.5, 0.6) is 0 Å². The molecule has 2 rings (SSSR count). The molecule has 1 fully saturated rings. The van der Waals surface area contributed by atoms with Gasteiger partial charge in [0.05, 0.1) is 0 Å². The van der Waals surface area contributed by atoms with Gasteiger partial charge in [-0.2, -0.15) is 13.2 Å². The first-order chi connectivity index (χ1) is 10.3. The summed E-state index contributed by atoms with van der Waals surface area (Å²) in [6.07, 6.45) is -5.05. The molecule has 2 amide bonds. The summed E-state index contributed by atoms with van der Waals surface area (Å²) in [6, 6.07) is 5.82. The van der Waals surface area contributed by atoms with Gasteiger partial charge in [0.15, 0.2) is 0 Å². The number of ether oxygens (including phenoxy) is 1. The predicted octanol–water partition coefficient (Wildman–Crippen LogP) is 2.70. The molecule has 0 bridgehead atoms. The highest BCUT2D eigenvalue weighted by molar-refractivity contribution is 5.95. The van der Waals surface area contributed by atoms with Crippen LogP contribution in [0.15, 0.2) is 24.3 Å². The van der Waals surface area contributed by atoms with Crippen LogP contribution in [0, 0.1) is 0 Å². The number of halogens is 3. The molecule has 5 nitrogen and oxygen atoms in total. The number of anilines is 2. The van der Waals surface area contributed by atoms with Crippen LogP contribution in [-0.4, -0.2) is 30.7 Å². The van der Waals surface area contributed by atoms with E-state index in [1.165, 1.54) is 24.3 Å². The third kappa shape index (κ3) is 5.03. The number of hydrogen-bond donors (Lipinski definition) is 2. The Morgan fingerprint density at radius 2 is 1.73 bits per heavy atom. The lowest BCUT2D eigenvalue weighted by Crippen LogP contribution is -2.26. The van der Waals surface area contributed by atoms with Crippen molar-refractivity contribution in [3.63, 3.8) is 0 Å². The lowest BCUT2D eigenvalue weighted by atomic mass is 10.2. The topological polar surface area (TPSA) is 67.4 Å². The van der Waals surface area contributed by atoms with E-state index in [-0.39, 0.29) is 11.6 Å². The van der Waals surface area contributed by atoms with Gasteiger partial charge in [-0.05, 0) is 37.1 Å². The fourth-order valence-corrected chi connectivity index (χ4v) is 2.03. The van der Waals surface area contributed by atoms with Gasteiger partial charge in [-0.15, -0.1) is 0 Å². The molecule has 22 heavy (non-hydrogen) atoms. The molecule has 1 saturated heterocycles. The average molecular weight is 316 g/mol. The van der Waals surface area contributed by atoms with Gasteiger partial charge in [-0.3, -0.25) is 9.59 Å². The molecule has 120 valence electrons. The number of amides is 2. The molecule has 0 unspecified atom stereocenters. The lowest BCUT2D eigenvalue weighted by molar-refractivity contribution is -0.150. The van der Waals surface area contributed by atoms with Gasteiger partial charge >= 0.3 is 6.18 Å². The maximum atomic E-state index is 12.0. The highest BCUT2D eigenvalue weighted by Gasteiger charge is 2.31. The molecule has 0 radical (unpaired) electrons. The summed E-state index contributed by atoms with van der Waals surface area (Å²) in [5.74, 6) is -1.39. The fraction of sp³-hybridized carbons (Fsp3) is 0.429. The minimum absolute atomic E-state index is 0.226. The molecule has 1 atom stereocenters. The van der Waals surface area contributed by atoms with Crippen LogP contribution in [0.3, 0.4) is 0 Å². The number of benzene rings is 1. The molecule has 1 aliphatic heterocycles. The number of hydrogen-bond acceptors (Lipinski definition) is 3. The standard InChI is InChI=1S/C14H15F3N2O3/c15-14(16,17)8-12(20)18-9-3-5-10(6-4-9)19-13(21)11-2-1-7-22-11/h3-6,11H,1-2,7-8H2,(H,18,20)(H,19,21)/t11-/m0/s1. The van der Waals surface area contributed by atoms with E-state index in [1.807, 2.05) is 0 Å². The van der Waals surface area contributed by atoms with Crippen molar-refractivity contribution >= 4 is 23.2 Å². The summed E-state index contributed by atoms with van der Waals surface area (Å²) < 4.78 is 41.4. The zero-order valence-corrected chi connectivity index (χ0v) is 11.6. The molecule has 2 N–H and O–H groups in total. The second kappa shape index (κ2) is 6.78. The van der Waals surface area contributed by atoms with E-state index in [4.69, 9.17) is 4.74 Å². The van der Waals surface area contributed by atoms with Crippen LogP contribution in [0.4, 0.5) is 24.5 Å². The van der Waals surface area contributed by atoms with Gasteiger partial charge in [-0.25, -0.2) is 0 Å². The molecule has 0 saturated carbocycles. The van der Waals surface area contributed by atoms with Gasteiger partial charge in [0.2, 0.25) is 5.91 Å². The second-order valence-corrected chi connectivity index (χ2v) is 4.91. The number of nitrogens with one attached hydrogen (secondary N) is 2. The molecule has 0 aliphatic carbocycles. The molecular formula is C14H15F3N2O3. The van der Waals surface area contributed by atoms with Crippen LogP contribution in [0.1, 0.15) is 19.3 Å². The monoisotopic (exact) mass is 316 g/mol. The van der Waals surface area contributed by atoms with Crippen LogP contribution >= 0.6 is 0 Å². The van der Waals surface area contributed by atoms with Gasteiger partial charge in [-0.1, -0.05) is 0 Å². The zero-order chi connectivity index (χ0) is 16.2. The van der Waals surface area contributed by atoms with Crippen molar-refractivity contribution in [1.82, 2.24) is 0 Å². The lowest BCUT2D eigenvalue weighted by Gasteiger charge is -2.11. The average Bonchev–Trinajstić information content (AvgIpc) is 2.92. The van der Waals surface area contributed by atoms with E-state index in [0.29, 0.717) is 18.7 Å². The normalized spacial score (nSPS) is 18.0. The predicted molar refractivity (Wildman–Crippen MR) is 73.3 cm³/mol. The van der Waals surface area contributed by atoms with Crippen molar-refractivity contribution in [2.75, 3.05) is 17.2 Å². The van der Waals surface area contributed by atoms with E-state index in [1.54, 1.807) is 0 Å². The summed E-state index contributed by atoms with van der Waals surface area (Å²) in [5, 5.41) is 4.78. The maximum Gasteiger partial charge on any atom is 0.397 e. The van der Waals surface area contributed by atoms with Crippen LogP contribution in [0.25, 0.3) is 0 Å². The molecule has 1 aromatic rings. The molecular weight excluding hydrogens is 301 g/mol. The number of carbonyl (C=O) groups is 2. The third-order valence-corrected chi connectivity index (χ3v) is 3.02. The number of carbonyl (C=O) groups excluding carboxylic acids is 2. The van der Waals surface area contributed by atoms with E-state index >= 15 is 0 Å². The molecule has 0 aromatic heterocycles. The Balaban J connectivity index is 1.87. The smallest absolute Gasteiger partial charge is 0.368 e. The fourth-order valence-electron chi connectivity index (χ4n) is 2.03. The second-order valence-electron chi connectivity index (χ2n) is 4.91. The summed E-state index contributed by atoms with van der Waals surface area (Å²) >= 11 is 0. The molecule has 0 spiro atoms. The Bertz CT molecular complexity index is 537. The summed E-state index contributed by atoms with van der Waals surface area (Å²) in [4.78, 5) is 23.0. The molecule has 8 heteroatoms.